The molecule has 0 radical (unpaired) electrons. The predicted molar refractivity (Wildman–Crippen MR) is 70.8 cm³/mol. The molecule has 88 valence electrons. The highest BCUT2D eigenvalue weighted by Gasteiger charge is 2.12. The number of pyridine rings is 2. The number of rotatable bonds is 2. The molecule has 0 saturated carbocycles. The molecule has 0 atom stereocenters. The van der Waals surface area contributed by atoms with Gasteiger partial charge in [0, 0.05) is 35.2 Å². The molecule has 3 heteroatoms. The Balaban J connectivity index is 2.37. The number of hydrogen-bond acceptors (Lipinski definition) is 2. The number of hydrogen-bond donors (Lipinski definition) is 0. The molecule has 3 heterocycles. The van der Waals surface area contributed by atoms with Crippen LogP contribution in [-0.4, -0.2) is 15.7 Å². The third-order valence-corrected chi connectivity index (χ3v) is 3.15. The van der Waals surface area contributed by atoms with Gasteiger partial charge in [0.2, 0.25) is 0 Å². The molecule has 0 bridgehead atoms. The van der Waals surface area contributed by atoms with Gasteiger partial charge in [-0.2, -0.15) is 0 Å². The van der Waals surface area contributed by atoms with Gasteiger partial charge in [-0.15, -0.1) is 0 Å². The Hall–Kier alpha value is -2.42. The van der Waals surface area contributed by atoms with Crippen LogP contribution < -0.4 is 0 Å². The number of nitrogens with zero attached hydrogens (tertiary/aromatic N) is 2. The van der Waals surface area contributed by atoms with Gasteiger partial charge in [-0.25, -0.2) is 0 Å². The van der Waals surface area contributed by atoms with Crippen molar-refractivity contribution in [2.75, 3.05) is 0 Å². The van der Waals surface area contributed by atoms with Crippen molar-refractivity contribution in [3.05, 3.63) is 60.2 Å². The van der Waals surface area contributed by atoms with Crippen LogP contribution in [0.5, 0.6) is 0 Å². The second-order valence-corrected chi connectivity index (χ2v) is 4.25. The van der Waals surface area contributed by atoms with Crippen LogP contribution in [0.15, 0.2) is 48.9 Å². The molecule has 0 aliphatic heterocycles. The Labute approximate surface area is 105 Å². The van der Waals surface area contributed by atoms with E-state index < -0.39 is 0 Å². The lowest BCUT2D eigenvalue weighted by molar-refractivity contribution is 0.111. The maximum atomic E-state index is 11.3. The number of fused-ring (bicyclic) bond motifs is 1. The SMILES string of the molecule is Cc1cccn2c(C=O)c(-c3cccnc3)cc12. The van der Waals surface area contributed by atoms with E-state index in [-0.39, 0.29) is 0 Å². The summed E-state index contributed by atoms with van der Waals surface area (Å²) in [5.74, 6) is 0. The molecule has 3 aromatic rings. The molecule has 0 aromatic carbocycles. The first kappa shape index (κ1) is 10.7. The van der Waals surface area contributed by atoms with Crippen molar-refractivity contribution in [1.82, 2.24) is 9.38 Å². The summed E-state index contributed by atoms with van der Waals surface area (Å²) < 4.78 is 1.92. The summed E-state index contributed by atoms with van der Waals surface area (Å²) in [6.45, 7) is 2.04. The van der Waals surface area contributed by atoms with E-state index in [0.717, 1.165) is 28.5 Å². The zero-order valence-corrected chi connectivity index (χ0v) is 10.00. The van der Waals surface area contributed by atoms with E-state index >= 15 is 0 Å². The lowest BCUT2D eigenvalue weighted by Crippen LogP contribution is -1.92. The summed E-state index contributed by atoms with van der Waals surface area (Å²) in [6.07, 6.45) is 6.31. The zero-order chi connectivity index (χ0) is 12.5. The van der Waals surface area contributed by atoms with E-state index in [2.05, 4.69) is 4.98 Å². The highest BCUT2D eigenvalue weighted by Crippen LogP contribution is 2.27. The van der Waals surface area contributed by atoms with Crippen LogP contribution in [0.25, 0.3) is 16.6 Å². The van der Waals surface area contributed by atoms with Gasteiger partial charge in [0.05, 0.1) is 5.69 Å². The molecular formula is C15H12N2O. The molecule has 0 fully saturated rings. The molecule has 0 unspecified atom stereocenters. The van der Waals surface area contributed by atoms with E-state index in [1.165, 1.54) is 0 Å². The summed E-state index contributed by atoms with van der Waals surface area (Å²) in [5, 5.41) is 0. The first-order valence-electron chi connectivity index (χ1n) is 5.77. The van der Waals surface area contributed by atoms with Crippen molar-refractivity contribution in [1.29, 1.82) is 0 Å². The van der Waals surface area contributed by atoms with Crippen LogP contribution in [0.1, 0.15) is 16.1 Å². The minimum absolute atomic E-state index is 0.668. The monoisotopic (exact) mass is 236 g/mol. The summed E-state index contributed by atoms with van der Waals surface area (Å²) in [6, 6.07) is 9.86. The van der Waals surface area contributed by atoms with Gasteiger partial charge >= 0.3 is 0 Å². The number of carbonyl (C=O) groups is 1. The molecule has 0 N–H and O–H groups in total. The lowest BCUT2D eigenvalue weighted by atomic mass is 10.1. The van der Waals surface area contributed by atoms with E-state index in [9.17, 15) is 4.79 Å². The molecule has 3 aromatic heterocycles. The average Bonchev–Trinajstić information content (AvgIpc) is 2.80. The van der Waals surface area contributed by atoms with Crippen molar-refractivity contribution < 1.29 is 4.79 Å². The van der Waals surface area contributed by atoms with E-state index in [1.54, 1.807) is 12.4 Å². The van der Waals surface area contributed by atoms with Crippen molar-refractivity contribution in [3.8, 4) is 11.1 Å². The number of carbonyl (C=O) groups excluding carboxylic acids is 1. The van der Waals surface area contributed by atoms with Gasteiger partial charge in [0.15, 0.2) is 6.29 Å². The predicted octanol–water partition coefficient (Wildman–Crippen LogP) is 3.12. The fourth-order valence-electron chi connectivity index (χ4n) is 2.24. The minimum atomic E-state index is 0.668. The highest BCUT2D eigenvalue weighted by atomic mass is 16.1. The topological polar surface area (TPSA) is 34.4 Å². The van der Waals surface area contributed by atoms with Crippen LogP contribution in [0, 0.1) is 6.92 Å². The smallest absolute Gasteiger partial charge is 0.167 e. The maximum Gasteiger partial charge on any atom is 0.167 e. The fraction of sp³-hybridized carbons (Fsp3) is 0.0667. The van der Waals surface area contributed by atoms with Crippen LogP contribution in [0.4, 0.5) is 0 Å². The molecule has 0 saturated heterocycles. The van der Waals surface area contributed by atoms with Crippen molar-refractivity contribution >= 4 is 11.8 Å². The van der Waals surface area contributed by atoms with Crippen molar-refractivity contribution in [2.45, 2.75) is 6.92 Å². The summed E-state index contributed by atoms with van der Waals surface area (Å²) in [7, 11) is 0. The van der Waals surface area contributed by atoms with E-state index in [4.69, 9.17) is 0 Å². The standard InChI is InChI=1S/C15H12N2O/c1-11-4-3-7-17-14(11)8-13(15(17)10-18)12-5-2-6-16-9-12/h2-10H,1H3. The number of aromatic nitrogens is 2. The van der Waals surface area contributed by atoms with Crippen LogP contribution in [-0.2, 0) is 0 Å². The first-order chi connectivity index (χ1) is 8.81. The van der Waals surface area contributed by atoms with Gasteiger partial charge in [0.25, 0.3) is 0 Å². The highest BCUT2D eigenvalue weighted by molar-refractivity contribution is 5.90. The Morgan fingerprint density at radius 3 is 2.89 bits per heavy atom. The molecule has 18 heavy (non-hydrogen) atoms. The van der Waals surface area contributed by atoms with Gasteiger partial charge in [-0.1, -0.05) is 12.1 Å². The second-order valence-electron chi connectivity index (χ2n) is 4.25. The summed E-state index contributed by atoms with van der Waals surface area (Å²) in [4.78, 5) is 15.4. The largest absolute Gasteiger partial charge is 0.313 e. The molecular weight excluding hydrogens is 224 g/mol. The quantitative estimate of drug-likeness (QED) is 0.641. The van der Waals surface area contributed by atoms with E-state index in [0.29, 0.717) is 5.69 Å². The Morgan fingerprint density at radius 2 is 2.17 bits per heavy atom. The Kier molecular flexibility index (Phi) is 2.45. The first-order valence-corrected chi connectivity index (χ1v) is 5.77. The normalized spacial score (nSPS) is 10.7. The average molecular weight is 236 g/mol. The molecule has 3 rings (SSSR count). The maximum absolute atomic E-state index is 11.3. The van der Waals surface area contributed by atoms with Gasteiger partial charge in [-0.3, -0.25) is 9.78 Å². The molecule has 0 spiro atoms. The zero-order valence-electron chi connectivity index (χ0n) is 10.00. The van der Waals surface area contributed by atoms with Crippen molar-refractivity contribution in [2.24, 2.45) is 0 Å². The minimum Gasteiger partial charge on any atom is -0.313 e. The van der Waals surface area contributed by atoms with Gasteiger partial charge in [-0.05, 0) is 30.7 Å². The Bertz CT molecular complexity index is 714. The fourth-order valence-corrected chi connectivity index (χ4v) is 2.24. The third-order valence-electron chi connectivity index (χ3n) is 3.15. The van der Waals surface area contributed by atoms with Gasteiger partial charge in [0.1, 0.15) is 0 Å². The number of aldehydes is 1. The second kappa shape index (κ2) is 4.11. The summed E-state index contributed by atoms with van der Waals surface area (Å²) >= 11 is 0. The van der Waals surface area contributed by atoms with E-state index in [1.807, 2.05) is 47.9 Å². The summed E-state index contributed by atoms with van der Waals surface area (Å²) in [5.41, 5.74) is 4.76. The molecule has 0 aliphatic carbocycles. The molecule has 0 aliphatic rings. The lowest BCUT2D eigenvalue weighted by Gasteiger charge is -2.00. The van der Waals surface area contributed by atoms with Crippen molar-refractivity contribution in [3.63, 3.8) is 0 Å². The Morgan fingerprint density at radius 1 is 1.28 bits per heavy atom. The number of aryl methyl sites for hydroxylation is 1. The molecule has 0 amide bonds. The molecule has 3 nitrogen and oxygen atoms in total. The third kappa shape index (κ3) is 1.52. The van der Waals surface area contributed by atoms with Crippen LogP contribution in [0.3, 0.4) is 0 Å². The van der Waals surface area contributed by atoms with Crippen LogP contribution in [0.2, 0.25) is 0 Å². The van der Waals surface area contributed by atoms with Gasteiger partial charge < -0.3 is 4.40 Å². The van der Waals surface area contributed by atoms with Crippen LogP contribution >= 0.6 is 0 Å².